The number of carbonyl (C=O) groups is 2. The fourth-order valence-corrected chi connectivity index (χ4v) is 5.00. The predicted octanol–water partition coefficient (Wildman–Crippen LogP) is 4.00. The third-order valence-corrected chi connectivity index (χ3v) is 6.13. The topological polar surface area (TPSA) is 37.4 Å². The quantitative estimate of drug-likeness (QED) is 0.682. The molecule has 3 nitrogen and oxygen atoms in total. The Morgan fingerprint density at radius 1 is 1.04 bits per heavy atom. The van der Waals surface area contributed by atoms with Crippen molar-refractivity contribution >= 4 is 33.4 Å². The lowest BCUT2D eigenvalue weighted by molar-refractivity contribution is -0.138. The van der Waals surface area contributed by atoms with Crippen molar-refractivity contribution in [3.63, 3.8) is 0 Å². The molecule has 2 bridgehead atoms. The number of amides is 2. The molecule has 2 saturated carbocycles. The fourth-order valence-electron chi connectivity index (χ4n) is 4.53. The van der Waals surface area contributed by atoms with Crippen molar-refractivity contribution in [3.05, 3.63) is 28.2 Å². The molecule has 0 spiro atoms. The van der Waals surface area contributed by atoms with Crippen LogP contribution < -0.4 is 4.90 Å². The second-order valence-electron chi connectivity index (χ2n) is 6.56. The van der Waals surface area contributed by atoms with Crippen LogP contribution in [0.15, 0.2) is 22.7 Å². The Kier molecular flexibility index (Phi) is 3.18. The number of imide groups is 1. The van der Waals surface area contributed by atoms with Gasteiger partial charge in [0, 0.05) is 4.47 Å². The van der Waals surface area contributed by atoms with Crippen LogP contribution in [0, 0.1) is 23.7 Å². The molecule has 0 unspecified atom stereocenters. The lowest BCUT2D eigenvalue weighted by Gasteiger charge is -2.19. The number of fused-ring (bicyclic) bond motifs is 5. The number of halogens is 4. The SMILES string of the molecule is O=C1[C@@H]2[C@@H]3CC[C@@H](C3)[C@@H]2C(=O)N1c1ccc(Br)c(C(F)(F)F)c1. The average molecular weight is 388 g/mol. The standard InChI is InChI=1S/C16H13BrF3NO2/c17-11-4-3-9(6-10(11)16(18,19)20)21-14(22)12-7-1-2-8(5-7)13(12)15(21)23/h3-4,6-8,12-13H,1-2,5H2/t7-,8+,12-,13+. The molecule has 4 atom stereocenters. The maximum absolute atomic E-state index is 13.1. The minimum atomic E-state index is -4.55. The van der Waals surface area contributed by atoms with Gasteiger partial charge in [-0.1, -0.05) is 15.9 Å². The van der Waals surface area contributed by atoms with Gasteiger partial charge in [0.1, 0.15) is 0 Å². The maximum Gasteiger partial charge on any atom is 0.417 e. The number of benzene rings is 1. The molecule has 1 aliphatic heterocycles. The summed E-state index contributed by atoms with van der Waals surface area (Å²) in [6, 6.07) is 3.50. The number of alkyl halides is 3. The highest BCUT2D eigenvalue weighted by Gasteiger charge is 2.61. The molecule has 3 fully saturated rings. The Hall–Kier alpha value is -1.37. The van der Waals surface area contributed by atoms with Gasteiger partial charge in [0.05, 0.1) is 23.1 Å². The number of anilines is 1. The van der Waals surface area contributed by atoms with E-state index in [0.717, 1.165) is 30.2 Å². The van der Waals surface area contributed by atoms with Crippen LogP contribution in [-0.2, 0) is 15.8 Å². The highest BCUT2D eigenvalue weighted by molar-refractivity contribution is 9.10. The van der Waals surface area contributed by atoms with Crippen molar-refractivity contribution in [3.8, 4) is 0 Å². The third kappa shape index (κ3) is 2.08. The molecule has 1 saturated heterocycles. The summed E-state index contributed by atoms with van der Waals surface area (Å²) in [6.07, 6.45) is -1.77. The van der Waals surface area contributed by atoms with E-state index in [4.69, 9.17) is 0 Å². The van der Waals surface area contributed by atoms with Gasteiger partial charge in [-0.15, -0.1) is 0 Å². The Labute approximate surface area is 139 Å². The number of nitrogens with zero attached hydrogens (tertiary/aromatic N) is 1. The number of hydrogen-bond donors (Lipinski definition) is 0. The lowest BCUT2D eigenvalue weighted by Crippen LogP contribution is -2.33. The van der Waals surface area contributed by atoms with Crippen molar-refractivity contribution < 1.29 is 22.8 Å². The van der Waals surface area contributed by atoms with Crippen molar-refractivity contribution in [2.24, 2.45) is 23.7 Å². The summed E-state index contributed by atoms with van der Waals surface area (Å²) < 4.78 is 39.1. The summed E-state index contributed by atoms with van der Waals surface area (Å²) in [5.74, 6) is -0.906. The highest BCUT2D eigenvalue weighted by atomic mass is 79.9. The third-order valence-electron chi connectivity index (χ3n) is 5.44. The maximum atomic E-state index is 13.1. The molecule has 7 heteroatoms. The van der Waals surface area contributed by atoms with Gasteiger partial charge in [-0.3, -0.25) is 14.5 Å². The fraction of sp³-hybridized carbons (Fsp3) is 0.500. The molecule has 2 amide bonds. The van der Waals surface area contributed by atoms with Crippen molar-refractivity contribution in [1.29, 1.82) is 0 Å². The molecule has 0 aromatic heterocycles. The zero-order valence-electron chi connectivity index (χ0n) is 11.9. The molecule has 1 aromatic carbocycles. The molecule has 0 radical (unpaired) electrons. The first-order chi connectivity index (χ1) is 10.8. The number of carbonyl (C=O) groups excluding carboxylic acids is 2. The van der Waals surface area contributed by atoms with E-state index in [0.29, 0.717) is 0 Å². The summed E-state index contributed by atoms with van der Waals surface area (Å²) in [5, 5.41) is 0. The van der Waals surface area contributed by atoms with Gasteiger partial charge in [0.2, 0.25) is 11.8 Å². The van der Waals surface area contributed by atoms with Gasteiger partial charge in [0.25, 0.3) is 0 Å². The monoisotopic (exact) mass is 387 g/mol. The van der Waals surface area contributed by atoms with Gasteiger partial charge >= 0.3 is 6.18 Å². The molecular weight excluding hydrogens is 375 g/mol. The van der Waals surface area contributed by atoms with E-state index in [1.54, 1.807) is 0 Å². The minimum absolute atomic E-state index is 0.0179. The second-order valence-corrected chi connectivity index (χ2v) is 7.41. The minimum Gasteiger partial charge on any atom is -0.274 e. The first kappa shape index (κ1) is 15.2. The summed E-state index contributed by atoms with van der Waals surface area (Å²) in [4.78, 5) is 26.3. The van der Waals surface area contributed by atoms with Crippen LogP contribution in [0.3, 0.4) is 0 Å². The van der Waals surface area contributed by atoms with E-state index in [1.165, 1.54) is 12.1 Å². The molecule has 2 aliphatic carbocycles. The summed E-state index contributed by atoms with van der Waals surface area (Å²) in [7, 11) is 0. The zero-order valence-corrected chi connectivity index (χ0v) is 13.5. The Balaban J connectivity index is 1.74. The first-order valence-electron chi connectivity index (χ1n) is 7.53. The van der Waals surface area contributed by atoms with E-state index < -0.39 is 11.7 Å². The molecule has 0 N–H and O–H groups in total. The van der Waals surface area contributed by atoms with Gasteiger partial charge in [-0.25, -0.2) is 0 Å². The summed E-state index contributed by atoms with van der Waals surface area (Å²) >= 11 is 2.87. The van der Waals surface area contributed by atoms with Crippen LogP contribution in [0.1, 0.15) is 24.8 Å². The van der Waals surface area contributed by atoms with E-state index in [2.05, 4.69) is 15.9 Å². The Morgan fingerprint density at radius 2 is 1.61 bits per heavy atom. The summed E-state index contributed by atoms with van der Waals surface area (Å²) in [5.41, 5.74) is -0.861. The van der Waals surface area contributed by atoms with Crippen LogP contribution in [0.2, 0.25) is 0 Å². The molecule has 1 heterocycles. The highest BCUT2D eigenvalue weighted by Crippen LogP contribution is 2.56. The molecular formula is C16H13BrF3NO2. The Bertz CT molecular complexity index is 690. The summed E-state index contributed by atoms with van der Waals surface area (Å²) in [6.45, 7) is 0. The number of hydrogen-bond acceptors (Lipinski definition) is 2. The molecule has 23 heavy (non-hydrogen) atoms. The van der Waals surface area contributed by atoms with Crippen LogP contribution in [0.4, 0.5) is 18.9 Å². The first-order valence-corrected chi connectivity index (χ1v) is 8.33. The normalized spacial score (nSPS) is 32.8. The van der Waals surface area contributed by atoms with E-state index in [9.17, 15) is 22.8 Å². The van der Waals surface area contributed by atoms with E-state index in [-0.39, 0.29) is 45.6 Å². The van der Waals surface area contributed by atoms with Crippen molar-refractivity contribution in [2.75, 3.05) is 4.90 Å². The number of rotatable bonds is 1. The van der Waals surface area contributed by atoms with Crippen molar-refractivity contribution in [1.82, 2.24) is 0 Å². The van der Waals surface area contributed by atoms with E-state index in [1.807, 2.05) is 0 Å². The Morgan fingerprint density at radius 3 is 2.13 bits per heavy atom. The van der Waals surface area contributed by atoms with Crippen molar-refractivity contribution in [2.45, 2.75) is 25.4 Å². The largest absolute Gasteiger partial charge is 0.417 e. The van der Waals surface area contributed by atoms with Gasteiger partial charge in [-0.05, 0) is 49.3 Å². The van der Waals surface area contributed by atoms with Crippen LogP contribution in [-0.4, -0.2) is 11.8 Å². The molecule has 1 aromatic rings. The van der Waals surface area contributed by atoms with Gasteiger partial charge in [-0.2, -0.15) is 13.2 Å². The van der Waals surface area contributed by atoms with Crippen LogP contribution >= 0.6 is 15.9 Å². The predicted molar refractivity (Wildman–Crippen MR) is 79.4 cm³/mol. The average Bonchev–Trinajstić information content (AvgIpc) is 3.13. The lowest BCUT2D eigenvalue weighted by atomic mass is 9.81. The van der Waals surface area contributed by atoms with Crippen LogP contribution in [0.5, 0.6) is 0 Å². The van der Waals surface area contributed by atoms with Gasteiger partial charge < -0.3 is 0 Å². The van der Waals surface area contributed by atoms with Gasteiger partial charge in [0.15, 0.2) is 0 Å². The zero-order chi connectivity index (χ0) is 16.5. The second kappa shape index (κ2) is 4.82. The smallest absolute Gasteiger partial charge is 0.274 e. The molecule has 3 aliphatic rings. The molecule has 4 rings (SSSR count). The van der Waals surface area contributed by atoms with Crippen LogP contribution in [0.25, 0.3) is 0 Å². The molecule has 122 valence electrons. The van der Waals surface area contributed by atoms with E-state index >= 15 is 0 Å².